The Hall–Kier alpha value is -3.31. The van der Waals surface area contributed by atoms with Crippen LogP contribution >= 0.6 is 11.6 Å². The summed E-state index contributed by atoms with van der Waals surface area (Å²) < 4.78 is 6.62. The number of hydrogen-bond donors (Lipinski definition) is 1. The van der Waals surface area contributed by atoms with Crippen LogP contribution in [0.2, 0.25) is 5.15 Å². The van der Waals surface area contributed by atoms with Gasteiger partial charge in [0.15, 0.2) is 16.5 Å². The number of carbonyl (C=O) groups excluding carboxylic acids is 1. The normalized spacial score (nSPS) is 14.3. The van der Waals surface area contributed by atoms with Crippen molar-refractivity contribution in [2.75, 3.05) is 19.1 Å². The molecule has 1 fully saturated rings. The molecule has 0 spiro atoms. The van der Waals surface area contributed by atoms with E-state index in [0.717, 1.165) is 17.0 Å². The average molecular weight is 411 g/mol. The van der Waals surface area contributed by atoms with Crippen LogP contribution in [0.25, 0.3) is 5.65 Å². The van der Waals surface area contributed by atoms with Gasteiger partial charge in [-0.15, -0.1) is 0 Å². The van der Waals surface area contributed by atoms with E-state index in [4.69, 9.17) is 16.3 Å². The van der Waals surface area contributed by atoms with E-state index in [1.807, 2.05) is 36.2 Å². The molecule has 148 valence electrons. The molecule has 1 saturated carbocycles. The largest absolute Gasteiger partial charge is 0.497 e. The zero-order valence-corrected chi connectivity index (χ0v) is 16.8. The van der Waals surface area contributed by atoms with E-state index in [2.05, 4.69) is 21.5 Å². The van der Waals surface area contributed by atoms with Crippen LogP contribution in [-0.4, -0.2) is 40.2 Å². The van der Waals surface area contributed by atoms with Gasteiger partial charge in [0.05, 0.1) is 25.1 Å². The third-order valence-corrected chi connectivity index (χ3v) is 5.14. The van der Waals surface area contributed by atoms with Crippen molar-refractivity contribution in [2.45, 2.75) is 24.9 Å². The fourth-order valence-electron chi connectivity index (χ4n) is 3.12. The number of imidazole rings is 1. The molecule has 1 amide bonds. The molecule has 3 aromatic rings. The van der Waals surface area contributed by atoms with Gasteiger partial charge in [0.2, 0.25) is 0 Å². The second kappa shape index (κ2) is 7.26. The number of rotatable bonds is 6. The second-order valence-corrected chi connectivity index (χ2v) is 7.47. The third-order valence-electron chi connectivity index (χ3n) is 4.96. The first-order valence-electron chi connectivity index (χ1n) is 9.07. The molecule has 0 bridgehead atoms. The molecule has 2 heterocycles. The van der Waals surface area contributed by atoms with Gasteiger partial charge >= 0.3 is 0 Å². The van der Waals surface area contributed by atoms with Crippen LogP contribution in [0.3, 0.4) is 0 Å². The number of methoxy groups -OCH3 is 1. The van der Waals surface area contributed by atoms with Gasteiger partial charge in [-0.25, -0.2) is 9.50 Å². The maximum atomic E-state index is 12.6. The first kappa shape index (κ1) is 19.0. The third kappa shape index (κ3) is 3.69. The minimum absolute atomic E-state index is 0.238. The summed E-state index contributed by atoms with van der Waals surface area (Å²) >= 11 is 6.23. The molecule has 0 unspecified atom stereocenters. The number of nitrogens with zero attached hydrogens (tertiary/aromatic N) is 5. The molecule has 29 heavy (non-hydrogen) atoms. The highest BCUT2D eigenvalue weighted by Crippen LogP contribution is 2.34. The van der Waals surface area contributed by atoms with Crippen LogP contribution in [0.15, 0.2) is 36.5 Å². The summed E-state index contributed by atoms with van der Waals surface area (Å²) in [5, 5.41) is 16.4. The minimum Gasteiger partial charge on any atom is -0.497 e. The number of nitriles is 1. The predicted octanol–water partition coefficient (Wildman–Crippen LogP) is 2.81. The lowest BCUT2D eigenvalue weighted by atomic mass is 10.2. The van der Waals surface area contributed by atoms with Gasteiger partial charge in [-0.3, -0.25) is 4.79 Å². The lowest BCUT2D eigenvalue weighted by molar-refractivity contribution is 0.0934. The van der Waals surface area contributed by atoms with E-state index in [1.54, 1.807) is 13.2 Å². The summed E-state index contributed by atoms with van der Waals surface area (Å²) in [6.45, 7) is 0.603. The quantitative estimate of drug-likeness (QED) is 0.671. The Morgan fingerprint density at radius 2 is 2.14 bits per heavy atom. The van der Waals surface area contributed by atoms with Crippen LogP contribution in [0, 0.1) is 11.3 Å². The minimum atomic E-state index is -0.770. The number of nitrogens with one attached hydrogen (secondary N) is 1. The number of anilines is 1. The molecule has 1 aliphatic rings. The molecule has 2 aromatic heterocycles. The van der Waals surface area contributed by atoms with Crippen molar-refractivity contribution >= 4 is 28.8 Å². The van der Waals surface area contributed by atoms with Gasteiger partial charge < -0.3 is 15.0 Å². The summed E-state index contributed by atoms with van der Waals surface area (Å²) in [6, 6.07) is 11.6. The number of benzene rings is 1. The Balaban J connectivity index is 1.63. The molecule has 0 aliphatic heterocycles. The highest BCUT2D eigenvalue weighted by Gasteiger charge is 2.45. The molecule has 1 aliphatic carbocycles. The lowest BCUT2D eigenvalue weighted by Crippen LogP contribution is -2.36. The molecular formula is C20H19ClN6O2. The zero-order chi connectivity index (χ0) is 20.6. The van der Waals surface area contributed by atoms with Crippen LogP contribution in [0.1, 0.15) is 28.9 Å². The van der Waals surface area contributed by atoms with E-state index in [-0.39, 0.29) is 10.8 Å². The van der Waals surface area contributed by atoms with Gasteiger partial charge in [0.1, 0.15) is 11.3 Å². The Bertz CT molecular complexity index is 1110. The smallest absolute Gasteiger partial charge is 0.272 e. The van der Waals surface area contributed by atoms with E-state index in [1.165, 1.54) is 10.7 Å². The number of fused-ring (bicyclic) bond motifs is 1. The summed E-state index contributed by atoms with van der Waals surface area (Å²) in [7, 11) is 3.55. The van der Waals surface area contributed by atoms with Crippen molar-refractivity contribution in [1.29, 1.82) is 5.26 Å². The van der Waals surface area contributed by atoms with E-state index in [0.29, 0.717) is 25.0 Å². The van der Waals surface area contributed by atoms with Gasteiger partial charge in [0.25, 0.3) is 5.91 Å². The standard InChI is InChI=1S/C20H19ClN6O2/c1-26(11-13-3-5-14(29-2)6-4-13)15-9-17(21)25-27-16(10-23-18(15)27)19(28)24-20(12-22)7-8-20/h3-6,9-10H,7-8,11H2,1-2H3,(H,24,28). The van der Waals surface area contributed by atoms with Gasteiger partial charge in [-0.05, 0) is 30.5 Å². The summed E-state index contributed by atoms with van der Waals surface area (Å²) in [6.07, 6.45) is 2.75. The Morgan fingerprint density at radius 1 is 1.41 bits per heavy atom. The number of carbonyl (C=O) groups is 1. The summed E-state index contributed by atoms with van der Waals surface area (Å²) in [5.41, 5.74) is 1.80. The van der Waals surface area contributed by atoms with Crippen LogP contribution in [0.4, 0.5) is 5.69 Å². The van der Waals surface area contributed by atoms with Crippen molar-refractivity contribution in [3.63, 3.8) is 0 Å². The molecule has 1 N–H and O–H groups in total. The summed E-state index contributed by atoms with van der Waals surface area (Å²) in [5.74, 6) is 0.399. The fraction of sp³-hybridized carbons (Fsp3) is 0.300. The van der Waals surface area contributed by atoms with Crippen LogP contribution in [0.5, 0.6) is 5.75 Å². The highest BCUT2D eigenvalue weighted by molar-refractivity contribution is 6.29. The van der Waals surface area contributed by atoms with Gasteiger partial charge in [-0.1, -0.05) is 23.7 Å². The molecule has 0 saturated heterocycles. The first-order valence-corrected chi connectivity index (χ1v) is 9.44. The lowest BCUT2D eigenvalue weighted by Gasteiger charge is -2.20. The van der Waals surface area contributed by atoms with E-state index in [9.17, 15) is 10.1 Å². The number of halogens is 1. The Kier molecular flexibility index (Phi) is 4.76. The van der Waals surface area contributed by atoms with Crippen molar-refractivity contribution in [3.8, 4) is 11.8 Å². The van der Waals surface area contributed by atoms with Crippen molar-refractivity contribution in [1.82, 2.24) is 19.9 Å². The van der Waals surface area contributed by atoms with Crippen molar-refractivity contribution in [3.05, 3.63) is 52.9 Å². The number of aromatic nitrogens is 3. The Labute approximate surface area is 172 Å². The summed E-state index contributed by atoms with van der Waals surface area (Å²) in [4.78, 5) is 19.0. The maximum absolute atomic E-state index is 12.6. The first-order chi connectivity index (χ1) is 13.9. The van der Waals surface area contributed by atoms with E-state index >= 15 is 0 Å². The molecule has 0 radical (unpaired) electrons. The molecular weight excluding hydrogens is 392 g/mol. The zero-order valence-electron chi connectivity index (χ0n) is 16.0. The number of hydrogen-bond acceptors (Lipinski definition) is 6. The highest BCUT2D eigenvalue weighted by atomic mass is 35.5. The van der Waals surface area contributed by atoms with E-state index < -0.39 is 11.4 Å². The molecule has 9 heteroatoms. The van der Waals surface area contributed by atoms with Crippen LogP contribution < -0.4 is 15.0 Å². The van der Waals surface area contributed by atoms with Crippen molar-refractivity contribution < 1.29 is 9.53 Å². The van der Waals surface area contributed by atoms with Crippen LogP contribution in [-0.2, 0) is 6.54 Å². The SMILES string of the molecule is COc1ccc(CN(C)c2cc(Cl)nn3c(C(=O)NC4(C#N)CC4)cnc23)cc1. The van der Waals surface area contributed by atoms with Crippen molar-refractivity contribution in [2.24, 2.45) is 0 Å². The van der Waals surface area contributed by atoms with Gasteiger partial charge in [-0.2, -0.15) is 10.4 Å². The fourth-order valence-corrected chi connectivity index (χ4v) is 3.30. The predicted molar refractivity (Wildman–Crippen MR) is 108 cm³/mol. The number of ether oxygens (including phenoxy) is 1. The molecule has 0 atom stereocenters. The molecule has 8 nitrogen and oxygen atoms in total. The molecule has 1 aromatic carbocycles. The average Bonchev–Trinajstić information content (AvgIpc) is 3.36. The monoisotopic (exact) mass is 410 g/mol. The topological polar surface area (TPSA) is 95.5 Å². The second-order valence-electron chi connectivity index (χ2n) is 7.08. The number of amides is 1. The Morgan fingerprint density at radius 3 is 2.76 bits per heavy atom. The van der Waals surface area contributed by atoms with Gasteiger partial charge in [0, 0.05) is 19.7 Å². The maximum Gasteiger partial charge on any atom is 0.272 e. The molecule has 4 rings (SSSR count).